The first-order valence-corrected chi connectivity index (χ1v) is 5.36. The van der Waals surface area contributed by atoms with E-state index >= 15 is 0 Å². The van der Waals surface area contributed by atoms with Gasteiger partial charge in [0.2, 0.25) is 0 Å². The lowest BCUT2D eigenvalue weighted by Gasteiger charge is -2.25. The lowest BCUT2D eigenvalue weighted by atomic mass is 9.80. The van der Waals surface area contributed by atoms with E-state index in [-0.39, 0.29) is 11.5 Å². The molecule has 1 N–H and O–H groups in total. The van der Waals surface area contributed by atoms with E-state index in [2.05, 4.69) is 12.1 Å². The van der Waals surface area contributed by atoms with Gasteiger partial charge in [-0.2, -0.15) is 0 Å². The molecule has 0 amide bonds. The van der Waals surface area contributed by atoms with Gasteiger partial charge >= 0.3 is 5.97 Å². The fraction of sp³-hybridized carbons (Fsp3) is 0.636. The number of hydrogen-bond acceptors (Lipinski definition) is 3. The van der Waals surface area contributed by atoms with Crippen LogP contribution >= 0.6 is 0 Å². The number of carbonyl (C=O) groups is 1. The Hall–Kier alpha value is -1.32. The Morgan fingerprint density at radius 3 is 3.07 bits per heavy atom. The molecule has 4 heteroatoms. The molecule has 2 rings (SSSR count). The lowest BCUT2D eigenvalue weighted by molar-refractivity contribution is 0.0694. The zero-order valence-electron chi connectivity index (χ0n) is 8.77. The van der Waals surface area contributed by atoms with E-state index < -0.39 is 5.97 Å². The minimum absolute atomic E-state index is 0.231. The molecule has 82 valence electrons. The standard InChI is InChI=1S/C11H15NO3/c1-7-3-2-4-8(5-7)10-9(11(13)14)6-15-12-10/h6-8H,2-5H2,1H3,(H,13,14)/t7-,8-/m0/s1. The van der Waals surface area contributed by atoms with Crippen molar-refractivity contribution in [2.45, 2.75) is 38.5 Å². The third-order valence-electron chi connectivity index (χ3n) is 3.15. The molecule has 1 saturated carbocycles. The first-order chi connectivity index (χ1) is 7.18. The van der Waals surface area contributed by atoms with Crippen LogP contribution in [0.2, 0.25) is 0 Å². The number of carboxylic acids is 1. The molecule has 1 fully saturated rings. The summed E-state index contributed by atoms with van der Waals surface area (Å²) in [5, 5.41) is 12.8. The molecule has 1 aromatic heterocycles. The summed E-state index contributed by atoms with van der Waals surface area (Å²) in [5.41, 5.74) is 0.864. The molecule has 2 atom stereocenters. The van der Waals surface area contributed by atoms with Crippen LogP contribution < -0.4 is 0 Å². The predicted molar refractivity (Wildman–Crippen MR) is 53.8 cm³/mol. The second-order valence-corrected chi connectivity index (χ2v) is 4.39. The van der Waals surface area contributed by atoms with E-state index in [0.717, 1.165) is 19.3 Å². The number of nitrogens with zero attached hydrogens (tertiary/aromatic N) is 1. The van der Waals surface area contributed by atoms with Gasteiger partial charge in [0.05, 0.1) is 0 Å². The van der Waals surface area contributed by atoms with Crippen molar-refractivity contribution >= 4 is 5.97 Å². The van der Waals surface area contributed by atoms with Gasteiger partial charge in [0.25, 0.3) is 0 Å². The fourth-order valence-electron chi connectivity index (χ4n) is 2.38. The Balaban J connectivity index is 2.21. The second kappa shape index (κ2) is 4.04. The summed E-state index contributed by atoms with van der Waals surface area (Å²) in [4.78, 5) is 10.9. The minimum Gasteiger partial charge on any atom is -0.478 e. The highest BCUT2D eigenvalue weighted by atomic mass is 16.5. The van der Waals surface area contributed by atoms with Crippen molar-refractivity contribution in [2.75, 3.05) is 0 Å². The number of carboxylic acid groups (broad SMARTS) is 1. The van der Waals surface area contributed by atoms with Crippen molar-refractivity contribution in [2.24, 2.45) is 5.92 Å². The number of rotatable bonds is 2. The average Bonchev–Trinajstić information content (AvgIpc) is 2.65. The number of hydrogen-bond donors (Lipinski definition) is 1. The van der Waals surface area contributed by atoms with E-state index in [1.165, 1.54) is 12.7 Å². The topological polar surface area (TPSA) is 63.3 Å². The maximum Gasteiger partial charge on any atom is 0.340 e. The average molecular weight is 209 g/mol. The van der Waals surface area contributed by atoms with Gasteiger partial charge in [-0.05, 0) is 18.8 Å². The van der Waals surface area contributed by atoms with Crippen LogP contribution in [0.15, 0.2) is 10.8 Å². The van der Waals surface area contributed by atoms with Gasteiger partial charge < -0.3 is 9.63 Å². The van der Waals surface area contributed by atoms with Crippen molar-refractivity contribution < 1.29 is 14.4 Å². The molecule has 0 spiro atoms. The molecule has 1 aromatic rings. The molecule has 0 bridgehead atoms. The quantitative estimate of drug-likeness (QED) is 0.813. The molecule has 1 aliphatic rings. The first-order valence-electron chi connectivity index (χ1n) is 5.36. The van der Waals surface area contributed by atoms with Crippen LogP contribution in [-0.4, -0.2) is 16.2 Å². The molecule has 15 heavy (non-hydrogen) atoms. The SMILES string of the molecule is C[C@H]1CCC[C@H](c2nocc2C(=O)O)C1. The molecule has 0 saturated heterocycles. The Morgan fingerprint density at radius 2 is 2.40 bits per heavy atom. The van der Waals surface area contributed by atoms with Crippen LogP contribution in [0, 0.1) is 5.92 Å². The summed E-state index contributed by atoms with van der Waals surface area (Å²) < 4.78 is 4.76. The van der Waals surface area contributed by atoms with Crippen LogP contribution in [0.5, 0.6) is 0 Å². The molecule has 0 aromatic carbocycles. The van der Waals surface area contributed by atoms with E-state index in [9.17, 15) is 4.79 Å². The highest BCUT2D eigenvalue weighted by molar-refractivity contribution is 5.88. The van der Waals surface area contributed by atoms with Crippen LogP contribution in [0.25, 0.3) is 0 Å². The zero-order chi connectivity index (χ0) is 10.8. The summed E-state index contributed by atoms with van der Waals surface area (Å²) in [6.07, 6.45) is 5.66. The van der Waals surface area contributed by atoms with Gasteiger partial charge in [-0.3, -0.25) is 0 Å². The molecule has 1 aliphatic carbocycles. The van der Waals surface area contributed by atoms with Gasteiger partial charge in [-0.1, -0.05) is 24.9 Å². The van der Waals surface area contributed by atoms with Crippen LogP contribution in [0.4, 0.5) is 0 Å². The second-order valence-electron chi connectivity index (χ2n) is 4.39. The summed E-state index contributed by atoms with van der Waals surface area (Å²) in [6.45, 7) is 2.20. The van der Waals surface area contributed by atoms with Crippen LogP contribution in [-0.2, 0) is 0 Å². The largest absolute Gasteiger partial charge is 0.478 e. The minimum atomic E-state index is -0.940. The molecule has 4 nitrogen and oxygen atoms in total. The fourth-order valence-corrected chi connectivity index (χ4v) is 2.38. The van der Waals surface area contributed by atoms with Gasteiger partial charge in [-0.15, -0.1) is 0 Å². The highest BCUT2D eigenvalue weighted by Gasteiger charge is 2.27. The van der Waals surface area contributed by atoms with Gasteiger partial charge in [0.1, 0.15) is 17.5 Å². The summed E-state index contributed by atoms with van der Waals surface area (Å²) in [5.74, 6) is -0.0230. The van der Waals surface area contributed by atoms with Crippen LogP contribution in [0.3, 0.4) is 0 Å². The van der Waals surface area contributed by atoms with Crippen molar-refractivity contribution in [1.29, 1.82) is 0 Å². The maximum atomic E-state index is 10.9. The van der Waals surface area contributed by atoms with Crippen molar-refractivity contribution in [3.63, 3.8) is 0 Å². The van der Waals surface area contributed by atoms with Crippen LogP contribution in [0.1, 0.15) is 54.6 Å². The van der Waals surface area contributed by atoms with Gasteiger partial charge in [-0.25, -0.2) is 4.79 Å². The third kappa shape index (κ3) is 2.03. The summed E-state index contributed by atoms with van der Waals surface area (Å²) in [6, 6.07) is 0. The molecular formula is C11H15NO3. The monoisotopic (exact) mass is 209 g/mol. The number of aromatic carboxylic acids is 1. The zero-order valence-corrected chi connectivity index (χ0v) is 8.77. The third-order valence-corrected chi connectivity index (χ3v) is 3.15. The van der Waals surface area contributed by atoms with Crippen molar-refractivity contribution in [3.05, 3.63) is 17.5 Å². The number of aromatic nitrogens is 1. The Bertz CT molecular complexity index is 358. The van der Waals surface area contributed by atoms with Crippen molar-refractivity contribution in [1.82, 2.24) is 5.16 Å². The van der Waals surface area contributed by atoms with E-state index in [4.69, 9.17) is 9.63 Å². The molecule has 0 radical (unpaired) electrons. The highest BCUT2D eigenvalue weighted by Crippen LogP contribution is 2.36. The Kier molecular flexibility index (Phi) is 2.75. The predicted octanol–water partition coefficient (Wildman–Crippen LogP) is 2.67. The van der Waals surface area contributed by atoms with Gasteiger partial charge in [0.15, 0.2) is 0 Å². The van der Waals surface area contributed by atoms with E-state index in [0.29, 0.717) is 11.6 Å². The Morgan fingerprint density at radius 1 is 1.60 bits per heavy atom. The molecule has 0 unspecified atom stereocenters. The molecule has 1 heterocycles. The van der Waals surface area contributed by atoms with Gasteiger partial charge in [0, 0.05) is 5.92 Å². The normalized spacial score (nSPS) is 26.5. The van der Waals surface area contributed by atoms with Crippen molar-refractivity contribution in [3.8, 4) is 0 Å². The van der Waals surface area contributed by atoms with E-state index in [1.54, 1.807) is 0 Å². The summed E-state index contributed by atoms with van der Waals surface area (Å²) >= 11 is 0. The van der Waals surface area contributed by atoms with E-state index in [1.807, 2.05) is 0 Å². The molecular weight excluding hydrogens is 194 g/mol. The summed E-state index contributed by atoms with van der Waals surface area (Å²) in [7, 11) is 0. The smallest absolute Gasteiger partial charge is 0.340 e. The molecule has 0 aliphatic heterocycles. The lowest BCUT2D eigenvalue weighted by Crippen LogP contribution is -2.14. The Labute approximate surface area is 88.3 Å². The maximum absolute atomic E-state index is 10.9. The first kappa shape index (κ1) is 10.2.